The van der Waals surface area contributed by atoms with Crippen LogP contribution >= 0.6 is 34.8 Å². The highest BCUT2D eigenvalue weighted by Gasteiger charge is 2.29. The van der Waals surface area contributed by atoms with Gasteiger partial charge in [0.1, 0.15) is 6.54 Å². The molecule has 3 rings (SSSR count). The zero-order valence-electron chi connectivity index (χ0n) is 15.8. The summed E-state index contributed by atoms with van der Waals surface area (Å²) in [6.45, 7) is 1.33. The van der Waals surface area contributed by atoms with Crippen LogP contribution in [0.15, 0.2) is 71.6 Å². The van der Waals surface area contributed by atoms with Crippen molar-refractivity contribution in [2.24, 2.45) is 0 Å². The highest BCUT2D eigenvalue weighted by molar-refractivity contribution is 7.92. The lowest BCUT2D eigenvalue weighted by atomic mass is 10.2. The van der Waals surface area contributed by atoms with Crippen LogP contribution in [0.25, 0.3) is 0 Å². The number of halogens is 3. The van der Waals surface area contributed by atoms with E-state index in [2.05, 4.69) is 5.32 Å². The second-order valence-corrected chi connectivity index (χ2v) is 9.46. The second kappa shape index (κ2) is 9.27. The van der Waals surface area contributed by atoms with Gasteiger partial charge in [-0.1, -0.05) is 65.1 Å². The molecule has 30 heavy (non-hydrogen) atoms. The number of benzene rings is 3. The zero-order chi connectivity index (χ0) is 21.9. The van der Waals surface area contributed by atoms with Gasteiger partial charge in [-0.3, -0.25) is 9.10 Å². The van der Waals surface area contributed by atoms with E-state index in [1.165, 1.54) is 24.3 Å². The minimum absolute atomic E-state index is 0.0206. The van der Waals surface area contributed by atoms with E-state index in [1.54, 1.807) is 42.5 Å². The minimum Gasteiger partial charge on any atom is -0.324 e. The van der Waals surface area contributed by atoms with Crippen molar-refractivity contribution in [2.45, 2.75) is 11.8 Å². The molecule has 0 aliphatic rings. The highest BCUT2D eigenvalue weighted by atomic mass is 35.5. The van der Waals surface area contributed by atoms with E-state index in [1.807, 2.05) is 6.92 Å². The number of hydrogen-bond donors (Lipinski definition) is 1. The summed E-state index contributed by atoms with van der Waals surface area (Å²) in [6.07, 6.45) is 0. The van der Waals surface area contributed by atoms with Gasteiger partial charge in [-0.25, -0.2) is 8.42 Å². The lowest BCUT2D eigenvalue weighted by molar-refractivity contribution is -0.114. The van der Waals surface area contributed by atoms with Crippen LogP contribution in [-0.2, 0) is 14.8 Å². The number of anilines is 2. The van der Waals surface area contributed by atoms with Gasteiger partial charge in [-0.05, 0) is 48.9 Å². The molecule has 156 valence electrons. The number of amides is 1. The number of sulfonamides is 1. The first-order valence-corrected chi connectivity index (χ1v) is 11.4. The van der Waals surface area contributed by atoms with E-state index < -0.39 is 22.5 Å². The summed E-state index contributed by atoms with van der Waals surface area (Å²) in [4.78, 5) is 12.8. The van der Waals surface area contributed by atoms with Gasteiger partial charge in [0.05, 0.1) is 20.6 Å². The number of carbonyl (C=O) groups is 1. The molecule has 0 bridgehead atoms. The van der Waals surface area contributed by atoms with Gasteiger partial charge in [0.25, 0.3) is 10.0 Å². The Bertz CT molecular complexity index is 1190. The number of carbonyl (C=O) groups excluding carboxylic acids is 1. The van der Waals surface area contributed by atoms with E-state index in [0.29, 0.717) is 10.7 Å². The van der Waals surface area contributed by atoms with Crippen molar-refractivity contribution in [1.82, 2.24) is 0 Å². The molecule has 0 aliphatic heterocycles. The van der Waals surface area contributed by atoms with Crippen molar-refractivity contribution in [3.63, 3.8) is 0 Å². The maximum atomic E-state index is 13.3. The zero-order valence-corrected chi connectivity index (χ0v) is 18.9. The van der Waals surface area contributed by atoms with Crippen LogP contribution in [0, 0.1) is 6.92 Å². The predicted octanol–water partition coefficient (Wildman–Crippen LogP) is 5.79. The SMILES string of the molecule is Cc1ccc(NC(=O)CN(c2cccc(Cl)c2Cl)S(=O)(=O)c2ccccc2)cc1Cl. The minimum atomic E-state index is -4.09. The van der Waals surface area contributed by atoms with E-state index >= 15 is 0 Å². The van der Waals surface area contributed by atoms with E-state index in [9.17, 15) is 13.2 Å². The Morgan fingerprint density at radius 3 is 2.30 bits per heavy atom. The molecule has 0 saturated heterocycles. The molecule has 0 heterocycles. The van der Waals surface area contributed by atoms with Gasteiger partial charge in [0, 0.05) is 10.7 Å². The largest absolute Gasteiger partial charge is 0.324 e. The maximum absolute atomic E-state index is 13.3. The summed E-state index contributed by atoms with van der Waals surface area (Å²) in [7, 11) is -4.09. The average Bonchev–Trinajstić information content (AvgIpc) is 2.72. The first-order valence-electron chi connectivity index (χ1n) is 8.78. The summed E-state index contributed by atoms with van der Waals surface area (Å²) in [5.74, 6) is -0.564. The van der Waals surface area contributed by atoms with Crippen LogP contribution in [0.3, 0.4) is 0 Å². The van der Waals surface area contributed by atoms with E-state index in [0.717, 1.165) is 9.87 Å². The predicted molar refractivity (Wildman–Crippen MR) is 122 cm³/mol. The molecule has 0 spiro atoms. The van der Waals surface area contributed by atoms with Crippen molar-refractivity contribution < 1.29 is 13.2 Å². The Morgan fingerprint density at radius 1 is 0.933 bits per heavy atom. The van der Waals surface area contributed by atoms with Crippen molar-refractivity contribution in [3.05, 3.63) is 87.4 Å². The third-order valence-electron chi connectivity index (χ3n) is 4.27. The second-order valence-electron chi connectivity index (χ2n) is 6.41. The Labute approximate surface area is 190 Å². The van der Waals surface area contributed by atoms with Gasteiger partial charge >= 0.3 is 0 Å². The van der Waals surface area contributed by atoms with Crippen molar-refractivity contribution in [1.29, 1.82) is 0 Å². The third kappa shape index (κ3) is 4.90. The number of aryl methyl sites for hydroxylation is 1. The summed E-state index contributed by atoms with van der Waals surface area (Å²) >= 11 is 18.5. The van der Waals surface area contributed by atoms with Crippen molar-refractivity contribution in [3.8, 4) is 0 Å². The maximum Gasteiger partial charge on any atom is 0.264 e. The van der Waals surface area contributed by atoms with E-state index in [-0.39, 0.29) is 20.6 Å². The molecule has 1 amide bonds. The van der Waals surface area contributed by atoms with Crippen molar-refractivity contribution >= 4 is 62.1 Å². The van der Waals surface area contributed by atoms with Gasteiger partial charge in [-0.15, -0.1) is 0 Å². The molecule has 5 nitrogen and oxygen atoms in total. The van der Waals surface area contributed by atoms with Crippen LogP contribution in [0.4, 0.5) is 11.4 Å². The molecule has 0 fully saturated rings. The molecule has 0 atom stereocenters. The summed E-state index contributed by atoms with van der Waals surface area (Å²) in [5, 5.41) is 3.35. The van der Waals surface area contributed by atoms with Crippen LogP contribution in [0.5, 0.6) is 0 Å². The number of nitrogens with zero attached hydrogens (tertiary/aromatic N) is 1. The molecule has 1 N–H and O–H groups in total. The molecular formula is C21H17Cl3N2O3S. The lowest BCUT2D eigenvalue weighted by Gasteiger charge is -2.25. The quantitative estimate of drug-likeness (QED) is 0.482. The molecule has 0 aromatic heterocycles. The summed E-state index contributed by atoms with van der Waals surface area (Å²) in [6, 6.07) is 17.4. The molecule has 0 radical (unpaired) electrons. The number of nitrogens with one attached hydrogen (secondary N) is 1. The standard InChI is InChI=1S/C21H17Cl3N2O3S/c1-14-10-11-15(12-18(14)23)25-20(27)13-26(19-9-5-8-17(22)21(19)24)30(28,29)16-6-3-2-4-7-16/h2-12H,13H2,1H3,(H,25,27). The van der Waals surface area contributed by atoms with Crippen LogP contribution in [0.1, 0.15) is 5.56 Å². The fourth-order valence-corrected chi connectivity index (χ4v) is 4.79. The summed E-state index contributed by atoms with van der Waals surface area (Å²) < 4.78 is 27.5. The van der Waals surface area contributed by atoms with Gasteiger partial charge < -0.3 is 5.32 Å². The van der Waals surface area contributed by atoms with Crippen LogP contribution < -0.4 is 9.62 Å². The average molecular weight is 484 g/mol. The Hall–Kier alpha value is -2.25. The fraction of sp³-hybridized carbons (Fsp3) is 0.0952. The van der Waals surface area contributed by atoms with Gasteiger partial charge in [0.2, 0.25) is 5.91 Å². The molecular weight excluding hydrogens is 467 g/mol. The third-order valence-corrected chi connectivity index (χ3v) is 7.26. The van der Waals surface area contributed by atoms with Crippen LogP contribution in [-0.4, -0.2) is 20.9 Å². The Balaban J connectivity index is 1.98. The van der Waals surface area contributed by atoms with E-state index in [4.69, 9.17) is 34.8 Å². The number of rotatable bonds is 6. The molecule has 3 aromatic carbocycles. The fourth-order valence-electron chi connectivity index (χ4n) is 2.71. The van der Waals surface area contributed by atoms with Crippen LogP contribution in [0.2, 0.25) is 15.1 Å². The first kappa shape index (κ1) is 22.4. The van der Waals surface area contributed by atoms with Gasteiger partial charge in [0.15, 0.2) is 0 Å². The summed E-state index contributed by atoms with van der Waals surface area (Å²) in [5.41, 5.74) is 1.41. The molecule has 3 aromatic rings. The highest BCUT2D eigenvalue weighted by Crippen LogP contribution is 2.35. The van der Waals surface area contributed by atoms with Crippen molar-refractivity contribution in [2.75, 3.05) is 16.2 Å². The molecule has 9 heteroatoms. The van der Waals surface area contributed by atoms with Gasteiger partial charge in [-0.2, -0.15) is 0 Å². The monoisotopic (exact) mass is 482 g/mol. The molecule has 0 saturated carbocycles. The molecule has 0 unspecified atom stereocenters. The molecule has 0 aliphatic carbocycles. The Morgan fingerprint density at radius 2 is 1.63 bits per heavy atom. The first-order chi connectivity index (χ1) is 14.2. The normalized spacial score (nSPS) is 11.2. The lowest BCUT2D eigenvalue weighted by Crippen LogP contribution is -2.38. The smallest absolute Gasteiger partial charge is 0.264 e. The topological polar surface area (TPSA) is 66.5 Å². The number of hydrogen-bond acceptors (Lipinski definition) is 3. The Kier molecular flexibility index (Phi) is 6.93.